The second-order valence-electron chi connectivity index (χ2n) is 8.77. The summed E-state index contributed by atoms with van der Waals surface area (Å²) in [5.41, 5.74) is 9.06. The highest BCUT2D eigenvalue weighted by Crippen LogP contribution is 2.30. The third-order valence-corrected chi connectivity index (χ3v) is 6.98. The van der Waals surface area contributed by atoms with Crippen LogP contribution in [-0.4, -0.2) is 37.8 Å². The van der Waals surface area contributed by atoms with Crippen LogP contribution in [0.2, 0.25) is 0 Å². The summed E-state index contributed by atoms with van der Waals surface area (Å²) in [4.78, 5) is 9.55. The molecule has 0 spiro atoms. The molecule has 3 aromatic carbocycles. The summed E-state index contributed by atoms with van der Waals surface area (Å²) in [6.07, 6.45) is 0.471. The molecule has 0 amide bonds. The van der Waals surface area contributed by atoms with Crippen LogP contribution in [0, 0.1) is 13.8 Å². The number of imidazole rings is 2. The van der Waals surface area contributed by atoms with Crippen molar-refractivity contribution < 1.29 is 13.0 Å². The van der Waals surface area contributed by atoms with E-state index in [2.05, 4.69) is 95.8 Å². The molecule has 0 radical (unpaired) electrons. The van der Waals surface area contributed by atoms with Crippen LogP contribution >= 0.6 is 0 Å². The van der Waals surface area contributed by atoms with Gasteiger partial charge in [0.25, 0.3) is 10.1 Å². The first kappa shape index (κ1) is 24.6. The second-order valence-corrected chi connectivity index (χ2v) is 10.3. The zero-order valence-electron chi connectivity index (χ0n) is 20.6. The summed E-state index contributed by atoms with van der Waals surface area (Å²) in [7, 11) is 0.466. The van der Waals surface area contributed by atoms with Crippen molar-refractivity contribution in [2.45, 2.75) is 27.2 Å². The van der Waals surface area contributed by atoms with Crippen LogP contribution in [0.4, 0.5) is 0 Å². The Labute approximate surface area is 205 Å². The average Bonchev–Trinajstić information content (AvgIpc) is 3.28. The van der Waals surface area contributed by atoms with Gasteiger partial charge in [0.1, 0.15) is 11.6 Å². The van der Waals surface area contributed by atoms with E-state index in [1.54, 1.807) is 6.92 Å². The van der Waals surface area contributed by atoms with Crippen LogP contribution in [0.25, 0.3) is 44.6 Å². The van der Waals surface area contributed by atoms with Gasteiger partial charge in [-0.25, -0.2) is 9.97 Å². The molecule has 7 nitrogen and oxygen atoms in total. The maximum Gasteiger partial charge on any atom is 0.264 e. The van der Waals surface area contributed by atoms with Crippen molar-refractivity contribution in [3.63, 3.8) is 0 Å². The molecule has 0 aliphatic carbocycles. The molecule has 2 heterocycles. The van der Waals surface area contributed by atoms with E-state index in [-0.39, 0.29) is 5.75 Å². The van der Waals surface area contributed by atoms with Crippen LogP contribution in [-0.2, 0) is 24.2 Å². The van der Waals surface area contributed by atoms with Crippen LogP contribution < -0.4 is 0 Å². The van der Waals surface area contributed by atoms with E-state index in [1.807, 2.05) is 6.92 Å². The molecule has 0 aliphatic heterocycles. The van der Waals surface area contributed by atoms with Crippen molar-refractivity contribution in [3.05, 3.63) is 72.1 Å². The standard InChI is InChI=1S/C24H22N4.C3H8O3S/c1-15-6-5-7-19(12-15)24-26-20-10-8-18(14-23(20)28(24)4)17-9-11-22-21(13-17)25-16(2)27(22)3;1-2-3-7(4,5)6/h5-14H,1-4H3;2-3H2,1H3,(H,4,5,6). The average molecular weight is 491 g/mol. The molecule has 0 atom stereocenters. The Bertz CT molecular complexity index is 1630. The summed E-state index contributed by atoms with van der Waals surface area (Å²) in [5.74, 6) is 1.89. The lowest BCUT2D eigenvalue weighted by Crippen LogP contribution is -2.01. The van der Waals surface area contributed by atoms with Gasteiger partial charge >= 0.3 is 0 Å². The molecule has 8 heteroatoms. The number of rotatable bonds is 4. The molecule has 0 saturated heterocycles. The van der Waals surface area contributed by atoms with Crippen molar-refractivity contribution in [1.29, 1.82) is 0 Å². The lowest BCUT2D eigenvalue weighted by atomic mass is 10.0. The molecule has 35 heavy (non-hydrogen) atoms. The third-order valence-electron chi connectivity index (χ3n) is 6.06. The van der Waals surface area contributed by atoms with Gasteiger partial charge in [-0.15, -0.1) is 0 Å². The molecule has 0 aliphatic rings. The topological polar surface area (TPSA) is 90.0 Å². The minimum atomic E-state index is -3.67. The number of fused-ring (bicyclic) bond motifs is 2. The largest absolute Gasteiger partial charge is 0.331 e. The van der Waals surface area contributed by atoms with Crippen LogP contribution in [0.15, 0.2) is 60.7 Å². The van der Waals surface area contributed by atoms with Crippen LogP contribution in [0.5, 0.6) is 0 Å². The Kier molecular flexibility index (Phi) is 6.78. The first-order valence-corrected chi connectivity index (χ1v) is 13.1. The molecule has 182 valence electrons. The molecule has 0 unspecified atom stereocenters. The molecule has 5 aromatic rings. The SMILES string of the molecule is CCCS(=O)(=O)O.Cc1cccc(-c2nc3ccc(-c4ccc5c(c4)nc(C)n5C)cc3n2C)c1. The zero-order chi connectivity index (χ0) is 25.3. The quantitative estimate of drug-likeness (QED) is 0.327. The van der Waals surface area contributed by atoms with E-state index in [1.165, 1.54) is 16.7 Å². The highest BCUT2D eigenvalue weighted by molar-refractivity contribution is 7.85. The molecule has 0 fully saturated rings. The van der Waals surface area contributed by atoms with Gasteiger partial charge in [0.2, 0.25) is 0 Å². The fourth-order valence-corrected chi connectivity index (χ4v) is 4.69. The van der Waals surface area contributed by atoms with Gasteiger partial charge in [-0.2, -0.15) is 8.42 Å². The Hall–Kier alpha value is -3.49. The number of hydrogen-bond donors (Lipinski definition) is 1. The zero-order valence-corrected chi connectivity index (χ0v) is 21.5. The van der Waals surface area contributed by atoms with Gasteiger partial charge < -0.3 is 9.13 Å². The summed E-state index contributed by atoms with van der Waals surface area (Å²) in [6.45, 7) is 5.84. The predicted octanol–water partition coefficient (Wildman–Crippen LogP) is 5.70. The minimum absolute atomic E-state index is 0.132. The summed E-state index contributed by atoms with van der Waals surface area (Å²) >= 11 is 0. The lowest BCUT2D eigenvalue weighted by molar-refractivity contribution is 0.482. The first-order chi connectivity index (χ1) is 16.6. The molecule has 1 N–H and O–H groups in total. The van der Waals surface area contributed by atoms with Gasteiger partial charge in [0.05, 0.1) is 27.8 Å². The summed E-state index contributed by atoms with van der Waals surface area (Å²) < 4.78 is 31.9. The van der Waals surface area contributed by atoms with Gasteiger partial charge in [-0.3, -0.25) is 4.55 Å². The predicted molar refractivity (Wildman–Crippen MR) is 142 cm³/mol. The van der Waals surface area contributed by atoms with Crippen LogP contribution in [0.1, 0.15) is 24.7 Å². The van der Waals surface area contributed by atoms with Crippen molar-refractivity contribution in [1.82, 2.24) is 19.1 Å². The maximum atomic E-state index is 9.79. The Morgan fingerprint density at radius 2 is 1.51 bits per heavy atom. The summed E-state index contributed by atoms with van der Waals surface area (Å²) in [5, 5.41) is 0. The van der Waals surface area contributed by atoms with Gasteiger partial charge in [0.15, 0.2) is 0 Å². The normalized spacial score (nSPS) is 11.6. The van der Waals surface area contributed by atoms with Crippen LogP contribution in [0.3, 0.4) is 0 Å². The van der Waals surface area contributed by atoms with E-state index in [0.29, 0.717) is 6.42 Å². The Balaban J connectivity index is 0.000000364. The minimum Gasteiger partial charge on any atom is -0.331 e. The second kappa shape index (κ2) is 9.64. The smallest absolute Gasteiger partial charge is 0.264 e. The summed E-state index contributed by atoms with van der Waals surface area (Å²) in [6, 6.07) is 21.5. The van der Waals surface area contributed by atoms with E-state index in [4.69, 9.17) is 9.54 Å². The lowest BCUT2D eigenvalue weighted by Gasteiger charge is -2.05. The fraction of sp³-hybridized carbons (Fsp3) is 0.259. The van der Waals surface area contributed by atoms with Gasteiger partial charge in [-0.05, 0) is 61.7 Å². The van der Waals surface area contributed by atoms with E-state index >= 15 is 0 Å². The monoisotopic (exact) mass is 490 g/mol. The maximum absolute atomic E-state index is 9.79. The van der Waals surface area contributed by atoms with Gasteiger partial charge in [0, 0.05) is 19.7 Å². The number of aryl methyl sites for hydroxylation is 4. The fourth-order valence-electron chi connectivity index (χ4n) is 4.17. The molecular formula is C27H30N4O3S. The van der Waals surface area contributed by atoms with E-state index in [0.717, 1.165) is 39.3 Å². The van der Waals surface area contributed by atoms with Crippen molar-refractivity contribution in [2.24, 2.45) is 14.1 Å². The third kappa shape index (κ3) is 5.28. The highest BCUT2D eigenvalue weighted by atomic mass is 32.2. The first-order valence-electron chi connectivity index (χ1n) is 11.5. The number of aromatic nitrogens is 4. The highest BCUT2D eigenvalue weighted by Gasteiger charge is 2.12. The van der Waals surface area contributed by atoms with E-state index < -0.39 is 10.1 Å². The van der Waals surface area contributed by atoms with Gasteiger partial charge in [-0.1, -0.05) is 42.8 Å². The number of nitrogens with zero attached hydrogens (tertiary/aromatic N) is 4. The Morgan fingerprint density at radius 3 is 2.17 bits per heavy atom. The molecule has 5 rings (SSSR count). The Morgan fingerprint density at radius 1 is 0.800 bits per heavy atom. The number of hydrogen-bond acceptors (Lipinski definition) is 4. The van der Waals surface area contributed by atoms with Crippen molar-refractivity contribution in [2.75, 3.05) is 5.75 Å². The van der Waals surface area contributed by atoms with E-state index in [9.17, 15) is 8.42 Å². The molecular weight excluding hydrogens is 460 g/mol. The molecule has 2 aromatic heterocycles. The number of benzene rings is 3. The molecule has 0 saturated carbocycles. The van der Waals surface area contributed by atoms with Crippen molar-refractivity contribution in [3.8, 4) is 22.5 Å². The molecule has 0 bridgehead atoms. The van der Waals surface area contributed by atoms with Crippen molar-refractivity contribution >= 4 is 32.2 Å².